The van der Waals surface area contributed by atoms with Crippen molar-refractivity contribution >= 4 is 23.4 Å². The lowest BCUT2D eigenvalue weighted by Crippen LogP contribution is -2.39. The van der Waals surface area contributed by atoms with E-state index in [9.17, 15) is 19.5 Å². The summed E-state index contributed by atoms with van der Waals surface area (Å²) in [6.07, 6.45) is 0.631. The van der Waals surface area contributed by atoms with E-state index in [0.29, 0.717) is 54.5 Å². The zero-order valence-corrected chi connectivity index (χ0v) is 23.0. The van der Waals surface area contributed by atoms with E-state index in [1.807, 2.05) is 0 Å². The van der Waals surface area contributed by atoms with Gasteiger partial charge in [0, 0.05) is 37.4 Å². The molecule has 2 saturated heterocycles. The third-order valence-corrected chi connectivity index (χ3v) is 7.30. The summed E-state index contributed by atoms with van der Waals surface area (Å²) >= 11 is 0. The Labute approximate surface area is 227 Å². The van der Waals surface area contributed by atoms with Crippen LogP contribution in [-0.2, 0) is 19.1 Å². The van der Waals surface area contributed by atoms with E-state index in [1.165, 1.54) is 26.2 Å². The Morgan fingerprint density at radius 3 is 2.41 bits per heavy atom. The number of aryl methyl sites for hydroxylation is 1. The number of likely N-dealkylation sites (tertiary alicyclic amines) is 1. The number of nitrogens with one attached hydrogen (secondary N) is 1. The molecule has 1 aromatic carbocycles. The lowest BCUT2D eigenvalue weighted by atomic mass is 9.93. The Bertz CT molecular complexity index is 1290. The van der Waals surface area contributed by atoms with Crippen molar-refractivity contribution in [3.05, 3.63) is 51.9 Å². The number of carbonyl (C=O) groups excluding carboxylic acids is 3. The number of rotatable bonds is 9. The second-order valence-electron chi connectivity index (χ2n) is 9.53. The van der Waals surface area contributed by atoms with Gasteiger partial charge in [-0.2, -0.15) is 0 Å². The SMILES string of the molecule is COC(=O)c1[nH]c(C)c(C(O)=C2C(=O)C(=O)N(CCCN3CCOCC3)[C@H]2c2ccc(OC)c(OC)c2)c1C. The minimum absolute atomic E-state index is 0.0554. The Morgan fingerprint density at radius 2 is 1.77 bits per heavy atom. The van der Waals surface area contributed by atoms with E-state index in [1.54, 1.807) is 32.0 Å². The van der Waals surface area contributed by atoms with Gasteiger partial charge in [0.15, 0.2) is 11.5 Å². The number of esters is 1. The highest BCUT2D eigenvalue weighted by Gasteiger charge is 2.46. The molecule has 4 rings (SSSR count). The van der Waals surface area contributed by atoms with Gasteiger partial charge in [0.2, 0.25) is 0 Å². The van der Waals surface area contributed by atoms with Crippen molar-refractivity contribution < 1.29 is 38.4 Å². The highest BCUT2D eigenvalue weighted by molar-refractivity contribution is 6.46. The first kappa shape index (κ1) is 28.2. The van der Waals surface area contributed by atoms with Gasteiger partial charge in [0.25, 0.3) is 11.7 Å². The lowest BCUT2D eigenvalue weighted by molar-refractivity contribution is -0.140. The normalized spacial score (nSPS) is 19.4. The molecule has 210 valence electrons. The number of aliphatic hydroxyl groups is 1. The van der Waals surface area contributed by atoms with Crippen molar-refractivity contribution in [3.63, 3.8) is 0 Å². The molecule has 11 nitrogen and oxygen atoms in total. The fourth-order valence-electron chi connectivity index (χ4n) is 5.32. The zero-order chi connectivity index (χ0) is 28.3. The number of aliphatic hydroxyl groups excluding tert-OH is 1. The van der Waals surface area contributed by atoms with Crippen LogP contribution in [0.4, 0.5) is 0 Å². The quantitative estimate of drug-likeness (QED) is 0.213. The van der Waals surface area contributed by atoms with Crippen molar-refractivity contribution in [2.45, 2.75) is 26.3 Å². The average Bonchev–Trinajstić information content (AvgIpc) is 3.39. The van der Waals surface area contributed by atoms with Crippen LogP contribution in [-0.4, -0.2) is 98.3 Å². The first-order valence-corrected chi connectivity index (χ1v) is 12.8. The Balaban J connectivity index is 1.79. The molecule has 3 heterocycles. The summed E-state index contributed by atoms with van der Waals surface area (Å²) in [6, 6.07) is 4.28. The van der Waals surface area contributed by atoms with Crippen LogP contribution in [0.3, 0.4) is 0 Å². The number of aromatic nitrogens is 1. The van der Waals surface area contributed by atoms with Gasteiger partial charge in [-0.25, -0.2) is 4.79 Å². The Hall–Kier alpha value is -3.83. The molecule has 2 N–H and O–H groups in total. The topological polar surface area (TPSA) is 131 Å². The van der Waals surface area contributed by atoms with Crippen molar-refractivity contribution in [1.82, 2.24) is 14.8 Å². The largest absolute Gasteiger partial charge is 0.507 e. The molecule has 1 amide bonds. The molecule has 2 aromatic rings. The highest BCUT2D eigenvalue weighted by atomic mass is 16.5. The van der Waals surface area contributed by atoms with Crippen LogP contribution < -0.4 is 9.47 Å². The van der Waals surface area contributed by atoms with Crippen LogP contribution in [0.1, 0.15) is 45.3 Å². The summed E-state index contributed by atoms with van der Waals surface area (Å²) in [4.78, 5) is 45.8. The third-order valence-electron chi connectivity index (χ3n) is 7.30. The monoisotopic (exact) mass is 541 g/mol. The van der Waals surface area contributed by atoms with Crippen LogP contribution in [0.15, 0.2) is 23.8 Å². The summed E-state index contributed by atoms with van der Waals surface area (Å²) in [7, 11) is 4.28. The van der Waals surface area contributed by atoms with Crippen LogP contribution in [0.2, 0.25) is 0 Å². The number of H-pyrrole nitrogens is 1. The maximum absolute atomic E-state index is 13.5. The van der Waals surface area contributed by atoms with Crippen molar-refractivity contribution in [3.8, 4) is 11.5 Å². The number of hydrogen-bond donors (Lipinski definition) is 2. The van der Waals surface area contributed by atoms with E-state index in [4.69, 9.17) is 18.9 Å². The van der Waals surface area contributed by atoms with Crippen molar-refractivity contribution in [2.75, 3.05) is 60.7 Å². The Morgan fingerprint density at radius 1 is 1.08 bits per heavy atom. The fourth-order valence-corrected chi connectivity index (χ4v) is 5.32. The van der Waals surface area contributed by atoms with Crippen molar-refractivity contribution in [2.24, 2.45) is 0 Å². The van der Waals surface area contributed by atoms with Crippen LogP contribution in [0.5, 0.6) is 11.5 Å². The van der Waals surface area contributed by atoms with Gasteiger partial charge in [-0.15, -0.1) is 0 Å². The number of aromatic amines is 1. The van der Waals surface area contributed by atoms with E-state index in [0.717, 1.165) is 19.6 Å². The first-order valence-electron chi connectivity index (χ1n) is 12.8. The molecule has 11 heteroatoms. The number of carbonyl (C=O) groups is 3. The molecule has 2 aliphatic heterocycles. The number of ether oxygens (including phenoxy) is 4. The molecule has 0 radical (unpaired) electrons. The Kier molecular flexibility index (Phi) is 8.61. The number of amides is 1. The van der Waals surface area contributed by atoms with E-state index < -0.39 is 23.7 Å². The minimum Gasteiger partial charge on any atom is -0.507 e. The molecule has 39 heavy (non-hydrogen) atoms. The van der Waals surface area contributed by atoms with Gasteiger partial charge >= 0.3 is 5.97 Å². The molecule has 1 atom stereocenters. The second kappa shape index (κ2) is 11.9. The maximum atomic E-state index is 13.5. The van der Waals surface area contributed by atoms with E-state index >= 15 is 0 Å². The number of nitrogens with zero attached hydrogens (tertiary/aromatic N) is 2. The van der Waals surface area contributed by atoms with Gasteiger partial charge in [-0.1, -0.05) is 6.07 Å². The zero-order valence-electron chi connectivity index (χ0n) is 23.0. The molecular weight excluding hydrogens is 506 g/mol. The standard InChI is InChI=1S/C28H35N3O8/c1-16-21(17(2)29-23(16)28(35)38-5)25(32)22-24(18-7-8-19(36-3)20(15-18)37-4)31(27(34)26(22)33)10-6-9-30-11-13-39-14-12-30/h7-8,15,24,29,32H,6,9-14H2,1-5H3/t24-/m0/s1. The number of Topliss-reactive ketones (excluding diaryl/α,β-unsaturated/α-hetero) is 1. The van der Waals surface area contributed by atoms with E-state index in [2.05, 4.69) is 9.88 Å². The maximum Gasteiger partial charge on any atom is 0.354 e. The number of hydrogen-bond acceptors (Lipinski definition) is 9. The summed E-state index contributed by atoms with van der Waals surface area (Å²) in [6.45, 7) is 7.32. The van der Waals surface area contributed by atoms with Gasteiger partial charge < -0.3 is 33.9 Å². The highest BCUT2D eigenvalue weighted by Crippen LogP contribution is 2.43. The van der Waals surface area contributed by atoms with Gasteiger partial charge in [-0.05, 0) is 43.5 Å². The third kappa shape index (κ3) is 5.37. The summed E-state index contributed by atoms with van der Waals surface area (Å²) in [5.74, 6) is -1.53. The fraction of sp³-hybridized carbons (Fsp3) is 0.464. The molecule has 0 bridgehead atoms. The molecule has 0 unspecified atom stereocenters. The molecule has 2 aliphatic rings. The smallest absolute Gasteiger partial charge is 0.354 e. The number of morpholine rings is 1. The van der Waals surface area contributed by atoms with Crippen LogP contribution in [0.25, 0.3) is 5.76 Å². The predicted molar refractivity (Wildman–Crippen MR) is 142 cm³/mol. The minimum atomic E-state index is -0.871. The van der Waals surface area contributed by atoms with Gasteiger partial charge in [0.05, 0.1) is 46.2 Å². The number of methoxy groups -OCH3 is 3. The molecule has 1 aromatic heterocycles. The molecule has 0 spiro atoms. The van der Waals surface area contributed by atoms with Crippen LogP contribution in [0, 0.1) is 13.8 Å². The molecule has 0 aliphatic carbocycles. The van der Waals surface area contributed by atoms with Gasteiger partial charge in [0.1, 0.15) is 11.5 Å². The number of ketones is 1. The van der Waals surface area contributed by atoms with Crippen LogP contribution >= 0.6 is 0 Å². The molecule has 0 saturated carbocycles. The average molecular weight is 542 g/mol. The predicted octanol–water partition coefficient (Wildman–Crippen LogP) is 2.58. The molecule has 2 fully saturated rings. The molecular formula is C28H35N3O8. The summed E-state index contributed by atoms with van der Waals surface area (Å²) < 4.78 is 21.1. The number of benzene rings is 1. The summed E-state index contributed by atoms with van der Waals surface area (Å²) in [5.41, 5.74) is 1.86. The van der Waals surface area contributed by atoms with Crippen molar-refractivity contribution in [1.29, 1.82) is 0 Å². The second-order valence-corrected chi connectivity index (χ2v) is 9.53. The summed E-state index contributed by atoms with van der Waals surface area (Å²) in [5, 5.41) is 11.6. The van der Waals surface area contributed by atoms with E-state index in [-0.39, 0.29) is 22.6 Å². The van der Waals surface area contributed by atoms with Gasteiger partial charge in [-0.3, -0.25) is 14.5 Å². The first-order chi connectivity index (χ1) is 18.7. The lowest BCUT2D eigenvalue weighted by Gasteiger charge is -2.29.